The van der Waals surface area contributed by atoms with Gasteiger partial charge in [0.25, 0.3) is 0 Å². The smallest absolute Gasteiger partial charge is 0.0966 e. The van der Waals surface area contributed by atoms with Crippen molar-refractivity contribution in [3.63, 3.8) is 0 Å². The summed E-state index contributed by atoms with van der Waals surface area (Å²) in [5.41, 5.74) is 1.06. The number of para-hydroxylation sites is 1. The van der Waals surface area contributed by atoms with Crippen LogP contribution in [-0.2, 0) is 10.3 Å². The summed E-state index contributed by atoms with van der Waals surface area (Å²) in [6.07, 6.45) is 3.28. The topological polar surface area (TPSA) is 42.4 Å². The van der Waals surface area contributed by atoms with E-state index in [1.807, 2.05) is 37.3 Å². The minimum Gasteiger partial charge on any atom is -0.385 e. The highest BCUT2D eigenvalue weighted by molar-refractivity contribution is 5.82. The lowest BCUT2D eigenvalue weighted by Crippen LogP contribution is -2.46. The van der Waals surface area contributed by atoms with Crippen LogP contribution in [0.25, 0.3) is 10.9 Å². The van der Waals surface area contributed by atoms with Crippen molar-refractivity contribution in [3.8, 4) is 0 Å². The van der Waals surface area contributed by atoms with Gasteiger partial charge < -0.3 is 9.84 Å². The summed E-state index contributed by atoms with van der Waals surface area (Å²) in [5, 5.41) is 11.7. The van der Waals surface area contributed by atoms with E-state index in [-0.39, 0.29) is 6.10 Å². The zero-order valence-corrected chi connectivity index (χ0v) is 10.5. The minimum absolute atomic E-state index is 0.180. The van der Waals surface area contributed by atoms with Gasteiger partial charge in [-0.15, -0.1) is 0 Å². The molecule has 0 bridgehead atoms. The molecule has 1 fully saturated rings. The molecule has 0 radical (unpaired) electrons. The van der Waals surface area contributed by atoms with E-state index in [2.05, 4.69) is 4.98 Å². The second-order valence-corrected chi connectivity index (χ2v) is 4.90. The van der Waals surface area contributed by atoms with E-state index >= 15 is 0 Å². The van der Waals surface area contributed by atoms with Crippen molar-refractivity contribution < 1.29 is 9.84 Å². The van der Waals surface area contributed by atoms with E-state index in [4.69, 9.17) is 4.74 Å². The molecule has 3 heteroatoms. The third-order valence-electron chi connectivity index (χ3n) is 3.67. The molecule has 3 nitrogen and oxygen atoms in total. The first-order valence-electron chi connectivity index (χ1n) is 6.41. The van der Waals surface area contributed by atoms with Crippen LogP contribution in [0.2, 0.25) is 0 Å². The fraction of sp³-hybridized carbons (Fsp3) is 0.400. The highest BCUT2D eigenvalue weighted by atomic mass is 16.5. The maximum Gasteiger partial charge on any atom is 0.0966 e. The number of hydrogen-bond donors (Lipinski definition) is 1. The molecule has 94 valence electrons. The fourth-order valence-corrected chi connectivity index (χ4v) is 2.75. The molecule has 0 unspecified atom stereocenters. The van der Waals surface area contributed by atoms with E-state index in [1.165, 1.54) is 0 Å². The number of rotatable bonds is 3. The lowest BCUT2D eigenvalue weighted by molar-refractivity contribution is -0.142. The number of benzene rings is 1. The van der Waals surface area contributed by atoms with Crippen LogP contribution >= 0.6 is 0 Å². The number of aliphatic hydroxyl groups is 1. The predicted molar refractivity (Wildman–Crippen MR) is 70.3 cm³/mol. The molecule has 1 saturated carbocycles. The van der Waals surface area contributed by atoms with Crippen LogP contribution < -0.4 is 0 Å². The Hall–Kier alpha value is -1.45. The lowest BCUT2D eigenvalue weighted by atomic mass is 9.72. The Bertz CT molecular complexity index is 556. The third kappa shape index (κ3) is 1.80. The zero-order chi connectivity index (χ0) is 12.6. The number of fused-ring (bicyclic) bond motifs is 1. The van der Waals surface area contributed by atoms with E-state index in [9.17, 15) is 5.11 Å². The number of pyridine rings is 1. The normalized spacial score (nSPS) is 27.1. The largest absolute Gasteiger partial charge is 0.385 e. The van der Waals surface area contributed by atoms with Gasteiger partial charge in [-0.2, -0.15) is 0 Å². The molecule has 0 atom stereocenters. The summed E-state index contributed by atoms with van der Waals surface area (Å²) < 4.78 is 5.53. The highest BCUT2D eigenvalue weighted by Gasteiger charge is 2.45. The number of nitrogens with zero attached hydrogens (tertiary/aromatic N) is 1. The van der Waals surface area contributed by atoms with Crippen molar-refractivity contribution in [1.82, 2.24) is 4.98 Å². The number of hydrogen-bond acceptors (Lipinski definition) is 3. The summed E-state index contributed by atoms with van der Waals surface area (Å²) >= 11 is 0. The Kier molecular flexibility index (Phi) is 2.80. The average molecular weight is 243 g/mol. The van der Waals surface area contributed by atoms with Gasteiger partial charge in [-0.1, -0.05) is 24.3 Å². The molecule has 0 saturated heterocycles. The molecule has 1 aromatic heterocycles. The van der Waals surface area contributed by atoms with Crippen molar-refractivity contribution in [1.29, 1.82) is 0 Å². The van der Waals surface area contributed by atoms with Crippen molar-refractivity contribution in [3.05, 3.63) is 42.1 Å². The molecule has 2 aromatic rings. The molecule has 1 aromatic carbocycles. The van der Waals surface area contributed by atoms with Gasteiger partial charge in [-0.25, -0.2) is 0 Å². The zero-order valence-electron chi connectivity index (χ0n) is 10.5. The third-order valence-corrected chi connectivity index (χ3v) is 3.67. The van der Waals surface area contributed by atoms with Gasteiger partial charge in [-0.3, -0.25) is 4.98 Å². The van der Waals surface area contributed by atoms with E-state index < -0.39 is 5.60 Å². The van der Waals surface area contributed by atoms with Gasteiger partial charge in [0, 0.05) is 36.6 Å². The molecule has 3 rings (SSSR count). The molecule has 1 heterocycles. The SMILES string of the molecule is CCOC1CC(O)(c2cccc3cccnc23)C1. The van der Waals surface area contributed by atoms with Crippen LogP contribution in [-0.4, -0.2) is 22.8 Å². The van der Waals surface area contributed by atoms with Gasteiger partial charge in [0.1, 0.15) is 0 Å². The van der Waals surface area contributed by atoms with Crippen molar-refractivity contribution in [2.45, 2.75) is 31.5 Å². The molecule has 1 N–H and O–H groups in total. The Morgan fingerprint density at radius 1 is 1.33 bits per heavy atom. The summed E-state index contributed by atoms with van der Waals surface area (Å²) in [5.74, 6) is 0. The van der Waals surface area contributed by atoms with Crippen LogP contribution in [0, 0.1) is 0 Å². The van der Waals surface area contributed by atoms with Crippen molar-refractivity contribution >= 4 is 10.9 Å². The monoisotopic (exact) mass is 243 g/mol. The van der Waals surface area contributed by atoms with E-state index in [0.717, 1.165) is 16.5 Å². The Labute approximate surface area is 106 Å². The summed E-state index contributed by atoms with van der Waals surface area (Å²) in [7, 11) is 0. The lowest BCUT2D eigenvalue weighted by Gasteiger charge is -2.43. The Morgan fingerprint density at radius 3 is 2.89 bits per heavy atom. The maximum atomic E-state index is 10.7. The van der Waals surface area contributed by atoms with Crippen LogP contribution in [0.15, 0.2) is 36.5 Å². The first kappa shape index (κ1) is 11.6. The molecule has 1 aliphatic rings. The average Bonchev–Trinajstić information content (AvgIpc) is 2.36. The van der Waals surface area contributed by atoms with Crippen molar-refractivity contribution in [2.24, 2.45) is 0 Å². The van der Waals surface area contributed by atoms with Gasteiger partial charge in [0.2, 0.25) is 0 Å². The predicted octanol–water partition coefficient (Wildman–Crippen LogP) is 2.62. The quantitative estimate of drug-likeness (QED) is 0.901. The van der Waals surface area contributed by atoms with Crippen LogP contribution in [0.1, 0.15) is 25.3 Å². The molecule has 0 spiro atoms. The van der Waals surface area contributed by atoms with E-state index in [0.29, 0.717) is 19.4 Å². The van der Waals surface area contributed by atoms with Gasteiger partial charge in [0.05, 0.1) is 17.2 Å². The molecular formula is C15H17NO2. The molecular weight excluding hydrogens is 226 g/mol. The summed E-state index contributed by atoms with van der Waals surface area (Å²) in [6, 6.07) is 9.91. The molecule has 0 aliphatic heterocycles. The molecule has 18 heavy (non-hydrogen) atoms. The van der Waals surface area contributed by atoms with Crippen LogP contribution in [0.3, 0.4) is 0 Å². The van der Waals surface area contributed by atoms with Crippen LogP contribution in [0.5, 0.6) is 0 Å². The van der Waals surface area contributed by atoms with Gasteiger partial charge in [0.15, 0.2) is 0 Å². The van der Waals surface area contributed by atoms with E-state index in [1.54, 1.807) is 6.20 Å². The number of ether oxygens (including phenoxy) is 1. The first-order valence-corrected chi connectivity index (χ1v) is 6.41. The van der Waals surface area contributed by atoms with Crippen molar-refractivity contribution in [2.75, 3.05) is 6.61 Å². The molecule has 1 aliphatic carbocycles. The molecule has 0 amide bonds. The van der Waals surface area contributed by atoms with Gasteiger partial charge >= 0.3 is 0 Å². The Balaban J connectivity index is 1.96. The Morgan fingerprint density at radius 2 is 2.11 bits per heavy atom. The van der Waals surface area contributed by atoms with Gasteiger partial charge in [-0.05, 0) is 13.0 Å². The second kappa shape index (κ2) is 4.34. The minimum atomic E-state index is -0.770. The standard InChI is InChI=1S/C15H17NO2/c1-2-18-12-9-15(17,10-12)13-7-3-5-11-6-4-8-16-14(11)13/h3-8,12,17H,2,9-10H2,1H3. The maximum absolute atomic E-state index is 10.7. The fourth-order valence-electron chi connectivity index (χ4n) is 2.75. The summed E-state index contributed by atoms with van der Waals surface area (Å²) in [4.78, 5) is 4.40. The van der Waals surface area contributed by atoms with Crippen LogP contribution in [0.4, 0.5) is 0 Å². The first-order chi connectivity index (χ1) is 8.73. The highest BCUT2D eigenvalue weighted by Crippen LogP contribution is 2.44. The number of aromatic nitrogens is 1. The second-order valence-electron chi connectivity index (χ2n) is 4.90. The summed E-state index contributed by atoms with van der Waals surface area (Å²) in [6.45, 7) is 2.69.